The van der Waals surface area contributed by atoms with Gasteiger partial charge in [0.1, 0.15) is 11.5 Å². The van der Waals surface area contributed by atoms with Crippen molar-refractivity contribution >= 4 is 5.97 Å². The molecular weight excluding hydrogens is 563 g/mol. The van der Waals surface area contributed by atoms with Gasteiger partial charge in [0.15, 0.2) is 0 Å². The first-order valence-corrected chi connectivity index (χ1v) is 14.5. The minimum Gasteiger partial charge on any atom is -0.465 e. The van der Waals surface area contributed by atoms with Crippen LogP contribution in [0.25, 0.3) is 22.6 Å². The van der Waals surface area contributed by atoms with E-state index >= 15 is 0 Å². The SMILES string of the molecule is COC(=O)c1ccc(-c2noc(C34CCC(OCc5c(-c6ccccc6C(F)(F)F)noc5C5CC5)(CC3)CC4)n2)cc1. The van der Waals surface area contributed by atoms with Crippen molar-refractivity contribution in [3.63, 3.8) is 0 Å². The Balaban J connectivity index is 1.07. The van der Waals surface area contributed by atoms with Gasteiger partial charge in [-0.25, -0.2) is 4.79 Å². The van der Waals surface area contributed by atoms with Crippen LogP contribution in [-0.4, -0.2) is 34.0 Å². The van der Waals surface area contributed by atoms with Crippen molar-refractivity contribution < 1.29 is 36.5 Å². The highest BCUT2D eigenvalue weighted by molar-refractivity contribution is 5.89. The predicted octanol–water partition coefficient (Wildman–Crippen LogP) is 7.64. The number of benzene rings is 2. The van der Waals surface area contributed by atoms with Crippen LogP contribution in [0.15, 0.2) is 57.6 Å². The van der Waals surface area contributed by atoms with Crippen molar-refractivity contribution in [2.24, 2.45) is 0 Å². The molecule has 0 aliphatic heterocycles. The van der Waals surface area contributed by atoms with E-state index in [0.717, 1.165) is 63.0 Å². The molecule has 0 N–H and O–H groups in total. The second kappa shape index (κ2) is 10.3. The molecule has 4 aromatic rings. The number of hydrogen-bond donors (Lipinski definition) is 0. The van der Waals surface area contributed by atoms with Crippen molar-refractivity contribution in [2.75, 3.05) is 7.11 Å². The van der Waals surface area contributed by atoms with Crippen LogP contribution in [0.3, 0.4) is 0 Å². The van der Waals surface area contributed by atoms with E-state index in [2.05, 4.69) is 10.3 Å². The number of carbonyl (C=O) groups is 1. The van der Waals surface area contributed by atoms with Gasteiger partial charge in [-0.3, -0.25) is 0 Å². The third-order valence-corrected chi connectivity index (χ3v) is 9.40. The van der Waals surface area contributed by atoms with Gasteiger partial charge in [0.2, 0.25) is 11.7 Å². The Bertz CT molecular complexity index is 1630. The van der Waals surface area contributed by atoms with E-state index in [1.54, 1.807) is 30.3 Å². The number of halogens is 3. The number of hydrogen-bond acceptors (Lipinski definition) is 8. The van der Waals surface area contributed by atoms with Crippen LogP contribution < -0.4 is 0 Å². The fourth-order valence-corrected chi connectivity index (χ4v) is 6.62. The minimum absolute atomic E-state index is 0.0141. The molecule has 8 rings (SSSR count). The van der Waals surface area contributed by atoms with Crippen LogP contribution >= 0.6 is 0 Å². The zero-order valence-corrected chi connectivity index (χ0v) is 23.6. The van der Waals surface area contributed by atoms with Crippen LogP contribution in [0.2, 0.25) is 0 Å². The summed E-state index contributed by atoms with van der Waals surface area (Å²) in [5.74, 6) is 1.47. The first-order chi connectivity index (χ1) is 20.7. The first kappa shape index (κ1) is 27.8. The number of alkyl halides is 3. The lowest BCUT2D eigenvalue weighted by molar-refractivity contribution is -0.137. The third kappa shape index (κ3) is 5.03. The molecule has 4 aliphatic rings. The van der Waals surface area contributed by atoms with E-state index < -0.39 is 17.7 Å². The van der Waals surface area contributed by atoms with E-state index in [0.29, 0.717) is 28.6 Å². The molecule has 2 aromatic carbocycles. The maximum atomic E-state index is 13.8. The van der Waals surface area contributed by atoms with Gasteiger partial charge in [0.25, 0.3) is 0 Å². The molecule has 4 saturated carbocycles. The Kier molecular flexibility index (Phi) is 6.68. The molecule has 0 saturated heterocycles. The second-order valence-corrected chi connectivity index (χ2v) is 11.9. The topological polar surface area (TPSA) is 100 Å². The third-order valence-electron chi connectivity index (χ3n) is 9.40. The number of esters is 1. The lowest BCUT2D eigenvalue weighted by atomic mass is 9.58. The molecule has 0 radical (unpaired) electrons. The lowest BCUT2D eigenvalue weighted by Gasteiger charge is -2.51. The second-order valence-electron chi connectivity index (χ2n) is 11.9. The Labute approximate surface area is 245 Å². The van der Waals surface area contributed by atoms with Crippen molar-refractivity contribution in [3.8, 4) is 22.6 Å². The summed E-state index contributed by atoms with van der Waals surface area (Å²) in [5, 5.41) is 8.35. The van der Waals surface area contributed by atoms with Crippen LogP contribution in [0.4, 0.5) is 13.2 Å². The number of ether oxygens (including phenoxy) is 2. The summed E-state index contributed by atoms with van der Waals surface area (Å²) < 4.78 is 64.3. The Morgan fingerprint density at radius 1 is 0.953 bits per heavy atom. The highest BCUT2D eigenvalue weighted by Gasteiger charge is 2.53. The Morgan fingerprint density at radius 2 is 1.65 bits per heavy atom. The minimum atomic E-state index is -4.51. The average molecular weight is 594 g/mol. The summed E-state index contributed by atoms with van der Waals surface area (Å²) in [4.78, 5) is 16.5. The smallest absolute Gasteiger partial charge is 0.417 e. The molecule has 2 heterocycles. The van der Waals surface area contributed by atoms with Crippen LogP contribution in [0, 0.1) is 0 Å². The molecule has 0 amide bonds. The summed E-state index contributed by atoms with van der Waals surface area (Å²) in [6.45, 7) is 0.149. The van der Waals surface area contributed by atoms with Gasteiger partial charge in [0, 0.05) is 22.6 Å². The Morgan fingerprint density at radius 3 is 2.30 bits per heavy atom. The largest absolute Gasteiger partial charge is 0.465 e. The first-order valence-electron chi connectivity index (χ1n) is 14.5. The number of aromatic nitrogens is 3. The zero-order valence-electron chi connectivity index (χ0n) is 23.6. The lowest BCUT2D eigenvalue weighted by Crippen LogP contribution is -2.49. The van der Waals surface area contributed by atoms with Crippen molar-refractivity contribution in [3.05, 3.63) is 76.9 Å². The highest BCUT2D eigenvalue weighted by atomic mass is 19.4. The van der Waals surface area contributed by atoms with Crippen LogP contribution in [0.1, 0.15) is 90.4 Å². The normalized spacial score (nSPS) is 23.4. The van der Waals surface area contributed by atoms with E-state index in [4.69, 9.17) is 23.5 Å². The van der Waals surface area contributed by atoms with Crippen LogP contribution in [-0.2, 0) is 27.7 Å². The van der Waals surface area contributed by atoms with Gasteiger partial charge in [-0.2, -0.15) is 18.2 Å². The van der Waals surface area contributed by atoms with Crippen molar-refractivity contribution in [1.29, 1.82) is 0 Å². The van der Waals surface area contributed by atoms with E-state index in [1.165, 1.54) is 19.2 Å². The number of carbonyl (C=O) groups excluding carboxylic acids is 1. The molecule has 0 spiro atoms. The average Bonchev–Trinajstić information content (AvgIpc) is 3.58. The van der Waals surface area contributed by atoms with Gasteiger partial charge >= 0.3 is 12.1 Å². The number of methoxy groups -OCH3 is 1. The highest BCUT2D eigenvalue weighted by Crippen LogP contribution is 2.55. The van der Waals surface area contributed by atoms with Crippen molar-refractivity contribution in [2.45, 2.75) is 81.1 Å². The van der Waals surface area contributed by atoms with Gasteiger partial charge < -0.3 is 18.5 Å². The molecule has 2 bridgehead atoms. The summed E-state index contributed by atoms with van der Waals surface area (Å²) in [6, 6.07) is 12.4. The summed E-state index contributed by atoms with van der Waals surface area (Å²) in [7, 11) is 1.34. The Hall–Kier alpha value is -3.99. The maximum Gasteiger partial charge on any atom is 0.417 e. The molecule has 43 heavy (non-hydrogen) atoms. The van der Waals surface area contributed by atoms with Gasteiger partial charge in [-0.05, 0) is 69.6 Å². The van der Waals surface area contributed by atoms with E-state index in [9.17, 15) is 18.0 Å². The summed E-state index contributed by atoms with van der Waals surface area (Å²) >= 11 is 0. The van der Waals surface area contributed by atoms with Gasteiger partial charge in [0.05, 0.1) is 35.9 Å². The molecule has 4 fully saturated rings. The zero-order chi connectivity index (χ0) is 29.8. The molecule has 0 unspecified atom stereocenters. The molecule has 2 aromatic heterocycles. The standard InChI is InChI=1S/C32H30F3N3O5/c1-40-28(39)21-10-8-20(9-11-21)27-36-29(43-38-27)30-12-15-31(16-13-30,17-14-30)41-18-23-25(37-42-26(23)19-6-7-19)22-4-2-3-5-24(22)32(33,34)35/h2-5,8-11,19H,6-7,12-18H2,1H3. The molecular formula is C32H30F3N3O5. The van der Waals surface area contributed by atoms with E-state index in [1.807, 2.05) is 0 Å². The van der Waals surface area contributed by atoms with E-state index in [-0.39, 0.29) is 34.8 Å². The molecule has 11 heteroatoms. The molecule has 4 aliphatic carbocycles. The molecule has 8 nitrogen and oxygen atoms in total. The fraction of sp³-hybridized carbons (Fsp3) is 0.438. The maximum absolute atomic E-state index is 13.8. The number of fused-ring (bicyclic) bond motifs is 3. The van der Waals surface area contributed by atoms with Gasteiger partial charge in [-0.15, -0.1) is 0 Å². The monoisotopic (exact) mass is 593 g/mol. The summed E-state index contributed by atoms with van der Waals surface area (Å²) in [5.41, 5.74) is 0.676. The number of nitrogens with zero attached hydrogens (tertiary/aromatic N) is 3. The quantitative estimate of drug-likeness (QED) is 0.192. The van der Waals surface area contributed by atoms with Crippen LogP contribution in [0.5, 0.6) is 0 Å². The summed E-state index contributed by atoms with van der Waals surface area (Å²) in [6.07, 6.45) is 2.08. The molecule has 224 valence electrons. The number of rotatable bonds is 8. The van der Waals surface area contributed by atoms with Crippen molar-refractivity contribution in [1.82, 2.24) is 15.3 Å². The van der Waals surface area contributed by atoms with Gasteiger partial charge in [-0.1, -0.05) is 40.6 Å². The molecule has 0 atom stereocenters. The predicted molar refractivity (Wildman–Crippen MR) is 147 cm³/mol. The fourth-order valence-electron chi connectivity index (χ4n) is 6.62.